The Bertz CT molecular complexity index is 2900. The minimum Gasteiger partial charge on any atom is -0.310 e. The van der Waals surface area contributed by atoms with Gasteiger partial charge in [0.2, 0.25) is 0 Å². The fourth-order valence-electron chi connectivity index (χ4n) is 8.01. The molecule has 2 nitrogen and oxygen atoms in total. The lowest BCUT2D eigenvalue weighted by molar-refractivity contribution is 1.30. The molecule has 0 fully saturated rings. The highest BCUT2D eigenvalue weighted by Gasteiger charge is 2.20. The molecule has 10 aromatic carbocycles. The number of hydrogen-bond donors (Lipinski definition) is 0. The first-order valence-electron chi connectivity index (χ1n) is 17.9. The fourth-order valence-corrected chi connectivity index (χ4v) is 8.01. The van der Waals surface area contributed by atoms with Crippen molar-refractivity contribution in [3.8, 4) is 0 Å². The van der Waals surface area contributed by atoms with Crippen molar-refractivity contribution < 1.29 is 0 Å². The van der Waals surface area contributed by atoms with Crippen molar-refractivity contribution in [2.75, 3.05) is 9.80 Å². The lowest BCUT2D eigenvalue weighted by Crippen LogP contribution is -2.11. The van der Waals surface area contributed by atoms with Gasteiger partial charge in [-0.05, 0) is 92.3 Å². The van der Waals surface area contributed by atoms with Crippen molar-refractivity contribution >= 4 is 88.0 Å². The van der Waals surface area contributed by atoms with Gasteiger partial charge in [-0.1, -0.05) is 152 Å². The van der Waals surface area contributed by atoms with E-state index >= 15 is 0 Å². The molecule has 0 aromatic heterocycles. The summed E-state index contributed by atoms with van der Waals surface area (Å²) in [6.07, 6.45) is 0. The summed E-state index contributed by atoms with van der Waals surface area (Å²) in [6.45, 7) is 0. The van der Waals surface area contributed by atoms with Crippen LogP contribution in [-0.2, 0) is 0 Å². The van der Waals surface area contributed by atoms with E-state index in [2.05, 4.69) is 216 Å². The maximum absolute atomic E-state index is 2.43. The molecule has 0 unspecified atom stereocenters. The van der Waals surface area contributed by atoms with Crippen molar-refractivity contribution in [2.45, 2.75) is 0 Å². The number of nitrogens with zero attached hydrogens (tertiary/aromatic N) is 2. The summed E-state index contributed by atoms with van der Waals surface area (Å²) in [7, 11) is 0. The van der Waals surface area contributed by atoms with Gasteiger partial charge in [0.15, 0.2) is 0 Å². The molecule has 0 saturated carbocycles. The van der Waals surface area contributed by atoms with Gasteiger partial charge in [0, 0.05) is 33.2 Å². The molecule has 0 atom stereocenters. The second-order valence-corrected chi connectivity index (χ2v) is 13.3. The van der Waals surface area contributed by atoms with Gasteiger partial charge in [-0.2, -0.15) is 0 Å². The Hall–Kier alpha value is -6.90. The van der Waals surface area contributed by atoms with E-state index in [0.717, 1.165) is 34.1 Å². The second kappa shape index (κ2) is 12.5. The third-order valence-corrected chi connectivity index (χ3v) is 10.4. The van der Waals surface area contributed by atoms with Gasteiger partial charge < -0.3 is 9.80 Å². The topological polar surface area (TPSA) is 6.48 Å². The van der Waals surface area contributed by atoms with Crippen LogP contribution in [0.25, 0.3) is 53.9 Å². The molecule has 0 aliphatic rings. The molecule has 0 bridgehead atoms. The van der Waals surface area contributed by atoms with Crippen LogP contribution in [0.1, 0.15) is 0 Å². The van der Waals surface area contributed by atoms with Gasteiger partial charge >= 0.3 is 0 Å². The zero-order chi connectivity index (χ0) is 34.4. The average Bonchev–Trinajstić information content (AvgIpc) is 3.22. The van der Waals surface area contributed by atoms with Crippen LogP contribution in [0.3, 0.4) is 0 Å². The second-order valence-electron chi connectivity index (χ2n) is 13.3. The highest BCUT2D eigenvalue weighted by atomic mass is 15.1. The van der Waals surface area contributed by atoms with Crippen LogP contribution in [0.4, 0.5) is 34.1 Å². The molecular formula is C50H34N2. The molecule has 0 saturated heterocycles. The molecule has 244 valence electrons. The lowest BCUT2D eigenvalue weighted by atomic mass is 9.94. The largest absolute Gasteiger partial charge is 0.310 e. The quantitative estimate of drug-likeness (QED) is 0.164. The number of benzene rings is 10. The molecule has 10 aromatic rings. The summed E-state index contributed by atoms with van der Waals surface area (Å²) < 4.78 is 0. The van der Waals surface area contributed by atoms with Crippen molar-refractivity contribution in [1.29, 1.82) is 0 Å². The smallest absolute Gasteiger partial charge is 0.0546 e. The van der Waals surface area contributed by atoms with Crippen molar-refractivity contribution in [2.24, 2.45) is 0 Å². The minimum atomic E-state index is 1.12. The standard InChI is InChI=1S/C50H34N2/c1-3-19-39(20-4-1)51(47-25-11-16-35-14-7-9-23-42(35)47)41-31-28-37-29-33-45-44(46(37)34-41)32-30-38-18-13-27-49(50(38)45)52(40-21-5-2-6-22-40)48-26-12-17-36-15-8-10-24-43(36)48/h1-34H. The zero-order valence-corrected chi connectivity index (χ0v) is 28.5. The zero-order valence-electron chi connectivity index (χ0n) is 28.5. The monoisotopic (exact) mass is 662 g/mol. The van der Waals surface area contributed by atoms with Gasteiger partial charge in [-0.3, -0.25) is 0 Å². The summed E-state index contributed by atoms with van der Waals surface area (Å²) in [6, 6.07) is 74.8. The molecule has 52 heavy (non-hydrogen) atoms. The Morgan fingerprint density at radius 2 is 0.692 bits per heavy atom. The minimum absolute atomic E-state index is 1.12. The third kappa shape index (κ3) is 4.96. The number of rotatable bonds is 6. The molecule has 10 rings (SSSR count). The van der Waals surface area contributed by atoms with E-state index in [4.69, 9.17) is 0 Å². The van der Waals surface area contributed by atoms with Gasteiger partial charge in [-0.15, -0.1) is 0 Å². The predicted molar refractivity (Wildman–Crippen MR) is 223 cm³/mol. The Labute approximate surface area is 303 Å². The molecule has 2 heteroatoms. The van der Waals surface area contributed by atoms with Crippen LogP contribution in [0, 0.1) is 0 Å². The van der Waals surface area contributed by atoms with Crippen LogP contribution in [0.2, 0.25) is 0 Å². The van der Waals surface area contributed by atoms with E-state index in [1.165, 1.54) is 53.9 Å². The van der Waals surface area contributed by atoms with Gasteiger partial charge in [-0.25, -0.2) is 0 Å². The molecule has 0 aliphatic heterocycles. The van der Waals surface area contributed by atoms with E-state index in [1.807, 2.05) is 0 Å². The highest BCUT2D eigenvalue weighted by Crippen LogP contribution is 2.46. The van der Waals surface area contributed by atoms with Crippen LogP contribution in [-0.4, -0.2) is 0 Å². The van der Waals surface area contributed by atoms with Gasteiger partial charge in [0.25, 0.3) is 0 Å². The fraction of sp³-hybridized carbons (Fsp3) is 0. The van der Waals surface area contributed by atoms with Gasteiger partial charge in [0.05, 0.1) is 17.1 Å². The van der Waals surface area contributed by atoms with Crippen molar-refractivity contribution in [1.82, 2.24) is 0 Å². The SMILES string of the molecule is c1ccc(N(c2ccc3ccc4c(ccc5cccc(N(c6ccccc6)c6cccc7ccccc67)c54)c3c2)c2cccc3ccccc23)cc1. The van der Waals surface area contributed by atoms with E-state index in [-0.39, 0.29) is 0 Å². The first kappa shape index (κ1) is 30.0. The number of anilines is 6. The molecular weight excluding hydrogens is 629 g/mol. The van der Waals surface area contributed by atoms with E-state index < -0.39 is 0 Å². The molecule has 0 amide bonds. The number of hydrogen-bond acceptors (Lipinski definition) is 2. The maximum Gasteiger partial charge on any atom is 0.0546 e. The van der Waals surface area contributed by atoms with Crippen molar-refractivity contribution in [3.63, 3.8) is 0 Å². The normalized spacial score (nSPS) is 11.5. The van der Waals surface area contributed by atoms with E-state index in [0.29, 0.717) is 0 Å². The molecule has 0 heterocycles. The first-order chi connectivity index (χ1) is 25.8. The Balaban J connectivity index is 1.23. The maximum atomic E-state index is 2.43. The Morgan fingerprint density at radius 3 is 1.37 bits per heavy atom. The van der Waals surface area contributed by atoms with Gasteiger partial charge in [0.1, 0.15) is 0 Å². The molecule has 0 N–H and O–H groups in total. The number of fused-ring (bicyclic) bond motifs is 7. The average molecular weight is 663 g/mol. The highest BCUT2D eigenvalue weighted by molar-refractivity contribution is 6.22. The van der Waals surface area contributed by atoms with Crippen LogP contribution < -0.4 is 9.80 Å². The lowest BCUT2D eigenvalue weighted by Gasteiger charge is -2.29. The number of para-hydroxylation sites is 2. The molecule has 0 aliphatic carbocycles. The summed E-state index contributed by atoms with van der Waals surface area (Å²) in [5.41, 5.74) is 6.84. The Kier molecular flexibility index (Phi) is 7.18. The summed E-state index contributed by atoms with van der Waals surface area (Å²) >= 11 is 0. The van der Waals surface area contributed by atoms with Crippen LogP contribution >= 0.6 is 0 Å². The van der Waals surface area contributed by atoms with Crippen LogP contribution in [0.15, 0.2) is 206 Å². The predicted octanol–water partition coefficient (Wildman–Crippen LogP) is 14.4. The van der Waals surface area contributed by atoms with Crippen LogP contribution in [0.5, 0.6) is 0 Å². The molecule has 0 spiro atoms. The first-order valence-corrected chi connectivity index (χ1v) is 17.9. The Morgan fingerprint density at radius 1 is 0.231 bits per heavy atom. The van der Waals surface area contributed by atoms with E-state index in [9.17, 15) is 0 Å². The molecule has 0 radical (unpaired) electrons. The van der Waals surface area contributed by atoms with E-state index in [1.54, 1.807) is 0 Å². The van der Waals surface area contributed by atoms with Crippen molar-refractivity contribution in [3.05, 3.63) is 206 Å². The summed E-state index contributed by atoms with van der Waals surface area (Å²) in [5, 5.41) is 12.2. The third-order valence-electron chi connectivity index (χ3n) is 10.4. The summed E-state index contributed by atoms with van der Waals surface area (Å²) in [4.78, 5) is 4.83. The summed E-state index contributed by atoms with van der Waals surface area (Å²) in [5.74, 6) is 0.